The summed E-state index contributed by atoms with van der Waals surface area (Å²) in [7, 11) is 0. The molecule has 0 atom stereocenters. The lowest BCUT2D eigenvalue weighted by Gasteiger charge is -2.19. The Labute approximate surface area is 143 Å². The summed E-state index contributed by atoms with van der Waals surface area (Å²) in [6.07, 6.45) is -4.69. The maximum Gasteiger partial charge on any atom is 0.435 e. The van der Waals surface area contributed by atoms with Crippen molar-refractivity contribution in [1.29, 1.82) is 0 Å². The van der Waals surface area contributed by atoms with Gasteiger partial charge in [0.25, 0.3) is 0 Å². The van der Waals surface area contributed by atoms with Crippen molar-refractivity contribution in [3.63, 3.8) is 0 Å². The highest BCUT2D eigenvalue weighted by Crippen LogP contribution is 2.33. The van der Waals surface area contributed by atoms with Gasteiger partial charge in [-0.05, 0) is 39.3 Å². The molecule has 0 aliphatic rings. The van der Waals surface area contributed by atoms with Crippen LogP contribution in [0.1, 0.15) is 39.0 Å². The second-order valence-corrected chi connectivity index (χ2v) is 6.53. The number of carbonyl (C=O) groups is 1. The molecule has 2 rings (SSSR count). The van der Waals surface area contributed by atoms with Gasteiger partial charge in [-0.1, -0.05) is 19.1 Å². The van der Waals surface area contributed by atoms with E-state index in [1.807, 2.05) is 0 Å². The molecule has 0 fully saturated rings. The first kappa shape index (κ1) is 18.8. The Bertz CT molecular complexity index is 772. The maximum absolute atomic E-state index is 12.7. The van der Waals surface area contributed by atoms with Crippen LogP contribution in [0, 0.1) is 0 Å². The first-order chi connectivity index (χ1) is 11.4. The summed E-state index contributed by atoms with van der Waals surface area (Å²) in [5.41, 5.74) is 5.91. The highest BCUT2D eigenvalue weighted by molar-refractivity contribution is 5.80. The normalized spacial score (nSPS) is 12.3. The second kappa shape index (κ2) is 6.42. The zero-order valence-corrected chi connectivity index (χ0v) is 14.4. The first-order valence-electron chi connectivity index (χ1n) is 7.72. The molecular formula is C17H20F3N3O2. The van der Waals surface area contributed by atoms with Crippen LogP contribution in [0.3, 0.4) is 0 Å². The molecule has 1 aromatic carbocycles. The van der Waals surface area contributed by atoms with Crippen LogP contribution in [0.2, 0.25) is 0 Å². The lowest BCUT2D eigenvalue weighted by atomic mass is 10.1. The number of carbonyl (C=O) groups excluding carboxylic acids is 1. The molecule has 2 N–H and O–H groups in total. The third-order valence-corrected chi connectivity index (χ3v) is 3.41. The Morgan fingerprint density at radius 1 is 1.20 bits per heavy atom. The van der Waals surface area contributed by atoms with E-state index in [-0.39, 0.29) is 11.4 Å². The molecule has 8 heteroatoms. The molecule has 136 valence electrons. The average Bonchev–Trinajstić information content (AvgIpc) is 2.81. The molecule has 2 aromatic rings. The van der Waals surface area contributed by atoms with Crippen molar-refractivity contribution in [2.24, 2.45) is 0 Å². The summed E-state index contributed by atoms with van der Waals surface area (Å²) >= 11 is 0. The van der Waals surface area contributed by atoms with Gasteiger partial charge in [-0.15, -0.1) is 0 Å². The summed E-state index contributed by atoms with van der Waals surface area (Å²) in [6.45, 7) is 6.96. The Hall–Kier alpha value is -2.51. The third-order valence-electron chi connectivity index (χ3n) is 3.41. The number of hydrogen-bond acceptors (Lipinski definition) is 4. The molecule has 1 aromatic heterocycles. The van der Waals surface area contributed by atoms with Crippen LogP contribution in [0.15, 0.2) is 24.3 Å². The van der Waals surface area contributed by atoms with Crippen LogP contribution >= 0.6 is 0 Å². The molecule has 0 unspecified atom stereocenters. The third kappa shape index (κ3) is 4.12. The smallest absolute Gasteiger partial charge is 0.435 e. The molecule has 0 saturated carbocycles. The lowest BCUT2D eigenvalue weighted by molar-refractivity contribution is -0.137. The number of aromatic nitrogens is 2. The van der Waals surface area contributed by atoms with Gasteiger partial charge in [0.05, 0.1) is 16.9 Å². The fourth-order valence-corrected chi connectivity index (χ4v) is 2.29. The number of alkyl halides is 3. The van der Waals surface area contributed by atoms with Crippen LogP contribution < -0.4 is 5.73 Å². The van der Waals surface area contributed by atoms with E-state index in [2.05, 4.69) is 5.10 Å². The van der Waals surface area contributed by atoms with Crippen molar-refractivity contribution < 1.29 is 22.7 Å². The number of ether oxygens (including phenoxy) is 1. The van der Waals surface area contributed by atoms with Gasteiger partial charge in [0, 0.05) is 5.56 Å². The van der Waals surface area contributed by atoms with E-state index in [1.54, 1.807) is 27.7 Å². The zero-order chi connectivity index (χ0) is 19.0. The minimum atomic E-state index is -4.42. The molecule has 0 spiro atoms. The predicted molar refractivity (Wildman–Crippen MR) is 88.1 cm³/mol. The van der Waals surface area contributed by atoms with Gasteiger partial charge in [-0.2, -0.15) is 23.0 Å². The quantitative estimate of drug-likeness (QED) is 0.861. The summed E-state index contributed by atoms with van der Waals surface area (Å²) < 4.78 is 44.4. The van der Waals surface area contributed by atoms with Crippen molar-refractivity contribution in [1.82, 2.24) is 9.78 Å². The molecule has 0 bridgehead atoms. The van der Waals surface area contributed by atoms with Gasteiger partial charge in [0.1, 0.15) is 11.3 Å². The molecule has 1 heterocycles. The first-order valence-corrected chi connectivity index (χ1v) is 7.72. The second-order valence-electron chi connectivity index (χ2n) is 6.53. The van der Waals surface area contributed by atoms with Gasteiger partial charge >= 0.3 is 12.3 Å². The molecule has 0 aliphatic heterocycles. The van der Waals surface area contributed by atoms with Crippen LogP contribution in [-0.2, 0) is 17.3 Å². The van der Waals surface area contributed by atoms with E-state index in [0.717, 1.165) is 16.8 Å². The molecule has 0 saturated heterocycles. The van der Waals surface area contributed by atoms with Crippen molar-refractivity contribution >= 4 is 11.8 Å². The molecular weight excluding hydrogens is 335 g/mol. The van der Waals surface area contributed by atoms with Crippen LogP contribution in [0.4, 0.5) is 23.7 Å². The van der Waals surface area contributed by atoms with E-state index in [0.29, 0.717) is 17.7 Å². The zero-order valence-electron chi connectivity index (χ0n) is 14.4. The average molecular weight is 355 g/mol. The minimum absolute atomic E-state index is 0.244. The van der Waals surface area contributed by atoms with Crippen LogP contribution in [0.5, 0.6) is 0 Å². The van der Waals surface area contributed by atoms with E-state index in [9.17, 15) is 18.0 Å². The number of hydrogen-bond donors (Lipinski definition) is 1. The summed E-state index contributed by atoms with van der Waals surface area (Å²) in [4.78, 5) is 12.3. The number of halogens is 3. The molecule has 0 amide bonds. The van der Waals surface area contributed by atoms with Crippen molar-refractivity contribution in [2.75, 3.05) is 5.73 Å². The molecule has 25 heavy (non-hydrogen) atoms. The fraction of sp³-hybridized carbons (Fsp3) is 0.412. The van der Waals surface area contributed by atoms with E-state index in [1.165, 1.54) is 12.1 Å². The van der Waals surface area contributed by atoms with E-state index in [4.69, 9.17) is 10.5 Å². The van der Waals surface area contributed by atoms with Gasteiger partial charge in [-0.25, -0.2) is 4.79 Å². The van der Waals surface area contributed by atoms with Gasteiger partial charge in [-0.3, -0.25) is 0 Å². The number of nitrogen functional groups attached to an aromatic ring is 1. The van der Waals surface area contributed by atoms with Crippen molar-refractivity contribution in [3.05, 3.63) is 35.5 Å². The largest absolute Gasteiger partial charge is 0.442 e. The van der Waals surface area contributed by atoms with Crippen LogP contribution in [-0.4, -0.2) is 21.5 Å². The molecule has 0 aliphatic carbocycles. The van der Waals surface area contributed by atoms with Crippen molar-refractivity contribution in [2.45, 2.75) is 45.9 Å². The Kier molecular flexibility index (Phi) is 4.83. The lowest BCUT2D eigenvalue weighted by Crippen LogP contribution is -2.28. The predicted octanol–water partition coefficient (Wildman–Crippen LogP) is 4.50. The van der Waals surface area contributed by atoms with Crippen LogP contribution in [0.25, 0.3) is 11.3 Å². The summed E-state index contributed by atoms with van der Waals surface area (Å²) in [5, 5.41) is 4.16. The highest BCUT2D eigenvalue weighted by atomic mass is 19.4. The Morgan fingerprint density at radius 3 is 2.20 bits per heavy atom. The summed E-state index contributed by atoms with van der Waals surface area (Å²) in [5.74, 6) is 0. The number of benzene rings is 1. The summed E-state index contributed by atoms with van der Waals surface area (Å²) in [6, 6.07) is 4.46. The topological polar surface area (TPSA) is 70.1 Å². The van der Waals surface area contributed by atoms with Gasteiger partial charge in [0.15, 0.2) is 0 Å². The molecule has 5 nitrogen and oxygen atoms in total. The van der Waals surface area contributed by atoms with Crippen molar-refractivity contribution in [3.8, 4) is 11.3 Å². The Balaban J connectivity index is 2.45. The monoisotopic (exact) mass is 355 g/mol. The van der Waals surface area contributed by atoms with E-state index < -0.39 is 23.4 Å². The van der Waals surface area contributed by atoms with E-state index >= 15 is 0 Å². The maximum atomic E-state index is 12.7. The highest BCUT2D eigenvalue weighted by Gasteiger charge is 2.30. The van der Waals surface area contributed by atoms with Gasteiger partial charge < -0.3 is 10.5 Å². The Morgan fingerprint density at radius 2 is 1.76 bits per heavy atom. The standard InChI is InChI=1S/C17H20F3N3O2/c1-5-12-13(21)14(22-23(12)15(24)25-16(2,3)4)10-6-8-11(9-7-10)17(18,19)20/h6-9H,5,21H2,1-4H3. The SMILES string of the molecule is CCc1c(N)c(-c2ccc(C(F)(F)F)cc2)nn1C(=O)OC(C)(C)C. The fourth-order valence-electron chi connectivity index (χ4n) is 2.29. The minimum Gasteiger partial charge on any atom is -0.442 e. The molecule has 0 radical (unpaired) electrons. The number of anilines is 1. The number of nitrogens with two attached hydrogens (primary N) is 1. The number of nitrogens with zero attached hydrogens (tertiary/aromatic N) is 2. The number of rotatable bonds is 2. The van der Waals surface area contributed by atoms with Gasteiger partial charge in [0.2, 0.25) is 0 Å².